The van der Waals surface area contributed by atoms with E-state index in [1.165, 1.54) is 0 Å². The van der Waals surface area contributed by atoms with Crippen molar-refractivity contribution in [2.45, 2.75) is 6.54 Å². The Bertz CT molecular complexity index is 758. The lowest BCUT2D eigenvalue weighted by Crippen LogP contribution is -2.09. The fourth-order valence-corrected chi connectivity index (χ4v) is 2.18. The van der Waals surface area contributed by atoms with E-state index < -0.39 is 0 Å². The monoisotopic (exact) mass is 289 g/mol. The van der Waals surface area contributed by atoms with Gasteiger partial charge in [0.2, 0.25) is 0 Å². The Kier molecular flexibility index (Phi) is 4.20. The zero-order valence-electron chi connectivity index (χ0n) is 11.9. The van der Waals surface area contributed by atoms with E-state index in [2.05, 4.69) is 15.3 Å². The molecule has 0 amide bonds. The third-order valence-corrected chi connectivity index (χ3v) is 3.26. The minimum atomic E-state index is -0.00215. The van der Waals surface area contributed by atoms with Crippen LogP contribution in [0.25, 0.3) is 0 Å². The molecule has 2 aromatic carbocycles. The number of nitrogens with zero attached hydrogens (tertiary/aromatic N) is 2. The van der Waals surface area contributed by atoms with Crippen molar-refractivity contribution in [1.82, 2.24) is 9.97 Å². The average molecular weight is 289 g/mol. The molecule has 0 atom stereocenters. The van der Waals surface area contributed by atoms with Crippen LogP contribution in [0.5, 0.6) is 0 Å². The standard InChI is InChI=1S/C18H15N3O/c22-18(14-7-2-1-3-8-14)15-9-4-5-10-16(15)21-13-17-19-11-6-12-20-17/h1-12,21H,13H2. The maximum Gasteiger partial charge on any atom is 0.195 e. The second-order valence-corrected chi connectivity index (χ2v) is 4.76. The van der Waals surface area contributed by atoms with Gasteiger partial charge in [-0.2, -0.15) is 0 Å². The maximum atomic E-state index is 12.6. The zero-order chi connectivity index (χ0) is 15.2. The second kappa shape index (κ2) is 6.63. The maximum absolute atomic E-state index is 12.6. The van der Waals surface area contributed by atoms with Gasteiger partial charge in [-0.15, -0.1) is 0 Å². The van der Waals surface area contributed by atoms with Gasteiger partial charge < -0.3 is 5.32 Å². The number of hydrogen-bond donors (Lipinski definition) is 1. The molecule has 0 aliphatic heterocycles. The smallest absolute Gasteiger partial charge is 0.195 e. The molecule has 108 valence electrons. The molecule has 0 unspecified atom stereocenters. The number of nitrogens with one attached hydrogen (secondary N) is 1. The number of ketones is 1. The summed E-state index contributed by atoms with van der Waals surface area (Å²) in [5, 5.41) is 3.23. The Labute approximate surface area is 128 Å². The first-order chi connectivity index (χ1) is 10.8. The predicted molar refractivity (Wildman–Crippen MR) is 85.7 cm³/mol. The Hall–Kier alpha value is -3.01. The average Bonchev–Trinajstić information content (AvgIpc) is 2.61. The highest BCUT2D eigenvalue weighted by Crippen LogP contribution is 2.19. The number of para-hydroxylation sites is 1. The summed E-state index contributed by atoms with van der Waals surface area (Å²) in [6.07, 6.45) is 3.40. The summed E-state index contributed by atoms with van der Waals surface area (Å²) in [5.41, 5.74) is 2.10. The molecule has 0 bridgehead atoms. The molecule has 0 saturated heterocycles. The molecule has 0 aliphatic rings. The minimum absolute atomic E-state index is 0.00215. The summed E-state index contributed by atoms with van der Waals surface area (Å²) in [6.45, 7) is 0.472. The summed E-state index contributed by atoms with van der Waals surface area (Å²) < 4.78 is 0. The van der Waals surface area contributed by atoms with Crippen LogP contribution in [0, 0.1) is 0 Å². The van der Waals surface area contributed by atoms with E-state index in [1.807, 2.05) is 54.6 Å². The Morgan fingerprint density at radius 1 is 0.864 bits per heavy atom. The summed E-state index contributed by atoms with van der Waals surface area (Å²) in [7, 11) is 0. The van der Waals surface area contributed by atoms with Gasteiger partial charge in [0.05, 0.1) is 6.54 Å². The third kappa shape index (κ3) is 3.17. The molecule has 1 aromatic heterocycles. The summed E-state index contributed by atoms with van der Waals surface area (Å²) in [6, 6.07) is 18.5. The lowest BCUT2D eigenvalue weighted by Gasteiger charge is -2.10. The van der Waals surface area contributed by atoms with E-state index in [0.717, 1.165) is 5.69 Å². The van der Waals surface area contributed by atoms with Gasteiger partial charge in [-0.1, -0.05) is 42.5 Å². The SMILES string of the molecule is O=C(c1ccccc1)c1ccccc1NCc1ncccn1. The van der Waals surface area contributed by atoms with Crippen LogP contribution < -0.4 is 5.32 Å². The lowest BCUT2D eigenvalue weighted by molar-refractivity contribution is 0.103. The van der Waals surface area contributed by atoms with Gasteiger partial charge in [-0.25, -0.2) is 9.97 Å². The molecular weight excluding hydrogens is 274 g/mol. The molecule has 3 rings (SSSR count). The first kappa shape index (κ1) is 13.9. The van der Waals surface area contributed by atoms with Crippen LogP contribution in [-0.4, -0.2) is 15.8 Å². The van der Waals surface area contributed by atoms with E-state index in [9.17, 15) is 4.79 Å². The van der Waals surface area contributed by atoms with Crippen molar-refractivity contribution in [2.24, 2.45) is 0 Å². The van der Waals surface area contributed by atoms with Gasteiger partial charge in [-0.05, 0) is 18.2 Å². The first-order valence-corrected chi connectivity index (χ1v) is 7.03. The molecule has 0 radical (unpaired) electrons. The van der Waals surface area contributed by atoms with E-state index in [4.69, 9.17) is 0 Å². The molecule has 1 N–H and O–H groups in total. The predicted octanol–water partition coefficient (Wildman–Crippen LogP) is 3.32. The molecule has 1 heterocycles. The van der Waals surface area contributed by atoms with Gasteiger partial charge in [0, 0.05) is 29.2 Å². The van der Waals surface area contributed by atoms with E-state index in [0.29, 0.717) is 23.5 Å². The molecule has 0 saturated carbocycles. The van der Waals surface area contributed by atoms with Crippen molar-refractivity contribution in [3.05, 3.63) is 90.0 Å². The second-order valence-electron chi connectivity index (χ2n) is 4.76. The van der Waals surface area contributed by atoms with Crippen LogP contribution in [-0.2, 0) is 6.54 Å². The number of hydrogen-bond acceptors (Lipinski definition) is 4. The fourth-order valence-electron chi connectivity index (χ4n) is 2.18. The van der Waals surface area contributed by atoms with Crippen LogP contribution in [0.1, 0.15) is 21.7 Å². The zero-order valence-corrected chi connectivity index (χ0v) is 11.9. The quantitative estimate of drug-likeness (QED) is 0.732. The lowest BCUT2D eigenvalue weighted by atomic mass is 10.0. The van der Waals surface area contributed by atoms with E-state index >= 15 is 0 Å². The summed E-state index contributed by atoms with van der Waals surface area (Å²) >= 11 is 0. The van der Waals surface area contributed by atoms with Crippen LogP contribution in [0.15, 0.2) is 73.1 Å². The molecular formula is C18H15N3O. The first-order valence-electron chi connectivity index (χ1n) is 7.03. The largest absolute Gasteiger partial charge is 0.377 e. The van der Waals surface area contributed by atoms with Crippen LogP contribution in [0.2, 0.25) is 0 Å². The normalized spacial score (nSPS) is 10.2. The topological polar surface area (TPSA) is 54.9 Å². The third-order valence-electron chi connectivity index (χ3n) is 3.26. The van der Waals surface area contributed by atoms with Gasteiger partial charge in [0.25, 0.3) is 0 Å². The molecule has 0 aliphatic carbocycles. The highest BCUT2D eigenvalue weighted by molar-refractivity contribution is 6.12. The molecule has 3 aromatic rings. The van der Waals surface area contributed by atoms with Crippen molar-refractivity contribution in [3.8, 4) is 0 Å². The summed E-state index contributed by atoms with van der Waals surface area (Å²) in [5.74, 6) is 0.683. The molecule has 22 heavy (non-hydrogen) atoms. The van der Waals surface area contributed by atoms with Crippen LogP contribution in [0.4, 0.5) is 5.69 Å². The van der Waals surface area contributed by atoms with Gasteiger partial charge >= 0.3 is 0 Å². The molecule has 0 fully saturated rings. The number of aromatic nitrogens is 2. The van der Waals surface area contributed by atoms with Crippen molar-refractivity contribution in [2.75, 3.05) is 5.32 Å². The Balaban J connectivity index is 1.82. The Morgan fingerprint density at radius 2 is 1.55 bits per heavy atom. The molecule has 4 heteroatoms. The number of anilines is 1. The molecule has 4 nitrogen and oxygen atoms in total. The molecule has 0 spiro atoms. The van der Waals surface area contributed by atoms with Gasteiger partial charge in [0.1, 0.15) is 5.82 Å². The van der Waals surface area contributed by atoms with Crippen molar-refractivity contribution >= 4 is 11.5 Å². The van der Waals surface area contributed by atoms with Gasteiger partial charge in [0.15, 0.2) is 5.78 Å². The minimum Gasteiger partial charge on any atom is -0.377 e. The highest BCUT2D eigenvalue weighted by Gasteiger charge is 2.12. The van der Waals surface area contributed by atoms with Crippen LogP contribution >= 0.6 is 0 Å². The highest BCUT2D eigenvalue weighted by atomic mass is 16.1. The van der Waals surface area contributed by atoms with E-state index in [1.54, 1.807) is 18.5 Å². The number of carbonyl (C=O) groups excluding carboxylic acids is 1. The van der Waals surface area contributed by atoms with Crippen LogP contribution in [0.3, 0.4) is 0 Å². The Morgan fingerprint density at radius 3 is 2.32 bits per heavy atom. The van der Waals surface area contributed by atoms with Crippen molar-refractivity contribution < 1.29 is 4.79 Å². The van der Waals surface area contributed by atoms with Crippen molar-refractivity contribution in [1.29, 1.82) is 0 Å². The number of carbonyl (C=O) groups is 1. The van der Waals surface area contributed by atoms with E-state index in [-0.39, 0.29) is 5.78 Å². The van der Waals surface area contributed by atoms with Gasteiger partial charge in [-0.3, -0.25) is 4.79 Å². The van der Waals surface area contributed by atoms with Crippen molar-refractivity contribution in [3.63, 3.8) is 0 Å². The summed E-state index contributed by atoms with van der Waals surface area (Å²) in [4.78, 5) is 20.9. The fraction of sp³-hybridized carbons (Fsp3) is 0.0556. The number of benzene rings is 2. The number of rotatable bonds is 5.